The van der Waals surface area contributed by atoms with Crippen LogP contribution in [0.4, 0.5) is 5.82 Å². The molecule has 0 bridgehead atoms. The average molecular weight is 480 g/mol. The van der Waals surface area contributed by atoms with Gasteiger partial charge in [-0.05, 0) is 28.7 Å². The van der Waals surface area contributed by atoms with Gasteiger partial charge in [0.25, 0.3) is 0 Å². The van der Waals surface area contributed by atoms with Crippen molar-refractivity contribution < 1.29 is 13.2 Å². The van der Waals surface area contributed by atoms with Crippen molar-refractivity contribution in [1.29, 1.82) is 0 Å². The summed E-state index contributed by atoms with van der Waals surface area (Å²) in [7, 11) is -3.32. The molecule has 0 unspecified atom stereocenters. The zero-order valence-corrected chi connectivity index (χ0v) is 20.6. The minimum Gasteiger partial charge on any atom is -0.318 e. The van der Waals surface area contributed by atoms with Crippen LogP contribution in [0.25, 0.3) is 11.0 Å². The molecule has 4 rings (SSSR count). The van der Waals surface area contributed by atoms with Crippen molar-refractivity contribution in [2.24, 2.45) is 0 Å². The molecule has 34 heavy (non-hydrogen) atoms. The number of hydrogen-bond acceptors (Lipinski definition) is 5. The van der Waals surface area contributed by atoms with Gasteiger partial charge in [-0.1, -0.05) is 57.2 Å². The molecule has 1 N–H and O–H groups in total. The maximum Gasteiger partial charge on any atom is 0.245 e. The number of carbonyl (C=O) groups is 1. The molecule has 0 aliphatic rings. The molecule has 178 valence electrons. The number of rotatable bonds is 7. The van der Waals surface area contributed by atoms with Crippen LogP contribution in [0.15, 0.2) is 60.8 Å². The minimum absolute atomic E-state index is 0.0587. The van der Waals surface area contributed by atoms with E-state index in [0.29, 0.717) is 29.2 Å². The third-order valence-electron chi connectivity index (χ3n) is 5.56. The van der Waals surface area contributed by atoms with Crippen LogP contribution in [0, 0.1) is 0 Å². The summed E-state index contributed by atoms with van der Waals surface area (Å²) in [6.45, 7) is 6.98. The van der Waals surface area contributed by atoms with Crippen LogP contribution in [0.3, 0.4) is 0 Å². The van der Waals surface area contributed by atoms with Crippen molar-refractivity contribution in [3.63, 3.8) is 0 Å². The standard InChI is InChI=1S/C25H29N5O3S/c1-25(2,3)19-11-9-18(10-12-19)15-30-22(13-14-26-30)28-24(31)16-29-21-8-6-5-7-20(21)27-23(29)17-34(4,32)33/h5-14H,15-17H2,1-4H3,(H,28,31). The number of sulfone groups is 1. The van der Waals surface area contributed by atoms with Gasteiger partial charge in [-0.2, -0.15) is 5.10 Å². The molecular formula is C25H29N5O3S. The fourth-order valence-corrected chi connectivity index (χ4v) is 4.51. The maximum atomic E-state index is 12.9. The first kappa shape index (κ1) is 23.7. The lowest BCUT2D eigenvalue weighted by Gasteiger charge is -2.19. The summed E-state index contributed by atoms with van der Waals surface area (Å²) in [5, 5.41) is 7.26. The highest BCUT2D eigenvalue weighted by Crippen LogP contribution is 2.23. The number of hydrogen-bond donors (Lipinski definition) is 1. The van der Waals surface area contributed by atoms with Crippen molar-refractivity contribution in [3.8, 4) is 0 Å². The lowest BCUT2D eigenvalue weighted by Crippen LogP contribution is -2.23. The van der Waals surface area contributed by atoms with Gasteiger partial charge in [0.1, 0.15) is 23.9 Å². The molecular weight excluding hydrogens is 450 g/mol. The number of anilines is 1. The SMILES string of the molecule is CC(C)(C)c1ccc(Cn2nccc2NC(=O)Cn2c(CS(C)(=O)=O)nc3ccccc32)cc1. The van der Waals surface area contributed by atoms with Crippen LogP contribution in [-0.4, -0.2) is 39.9 Å². The fraction of sp³-hybridized carbons (Fsp3) is 0.320. The predicted molar refractivity (Wildman–Crippen MR) is 133 cm³/mol. The Balaban J connectivity index is 1.52. The van der Waals surface area contributed by atoms with Gasteiger partial charge in [-0.25, -0.2) is 18.1 Å². The van der Waals surface area contributed by atoms with Gasteiger partial charge in [0.15, 0.2) is 9.84 Å². The van der Waals surface area contributed by atoms with Crippen LogP contribution in [0.1, 0.15) is 37.7 Å². The molecule has 0 aliphatic carbocycles. The van der Waals surface area contributed by atoms with Crippen molar-refractivity contribution in [2.45, 2.75) is 45.0 Å². The second kappa shape index (κ2) is 9.06. The number of nitrogens with one attached hydrogen (secondary N) is 1. The summed E-state index contributed by atoms with van der Waals surface area (Å²) in [5.74, 6) is 0.380. The molecule has 9 heteroatoms. The third kappa shape index (κ3) is 5.53. The average Bonchev–Trinajstić information content (AvgIpc) is 3.31. The summed E-state index contributed by atoms with van der Waals surface area (Å²) in [4.78, 5) is 17.4. The lowest BCUT2D eigenvalue weighted by molar-refractivity contribution is -0.116. The van der Waals surface area contributed by atoms with Crippen LogP contribution < -0.4 is 5.32 Å². The monoisotopic (exact) mass is 479 g/mol. The van der Waals surface area contributed by atoms with Crippen molar-refractivity contribution in [1.82, 2.24) is 19.3 Å². The summed E-state index contributed by atoms with van der Waals surface area (Å²) >= 11 is 0. The number of fused-ring (bicyclic) bond motifs is 1. The van der Waals surface area contributed by atoms with Gasteiger partial charge in [0.2, 0.25) is 5.91 Å². The Bertz CT molecular complexity index is 1430. The predicted octanol–water partition coefficient (Wildman–Crippen LogP) is 3.76. The van der Waals surface area contributed by atoms with Crippen LogP contribution in [0.5, 0.6) is 0 Å². The second-order valence-electron chi connectivity index (χ2n) is 9.54. The largest absolute Gasteiger partial charge is 0.318 e. The molecule has 8 nitrogen and oxygen atoms in total. The summed E-state index contributed by atoms with van der Waals surface area (Å²) < 4.78 is 27.2. The molecule has 0 saturated heterocycles. The van der Waals surface area contributed by atoms with Crippen molar-refractivity contribution >= 4 is 32.6 Å². The van der Waals surface area contributed by atoms with E-state index in [1.165, 1.54) is 5.56 Å². The van der Waals surface area contributed by atoms with Gasteiger partial charge in [0, 0.05) is 12.3 Å². The van der Waals surface area contributed by atoms with E-state index in [9.17, 15) is 13.2 Å². The smallest absolute Gasteiger partial charge is 0.245 e. The maximum absolute atomic E-state index is 12.9. The summed E-state index contributed by atoms with van der Waals surface area (Å²) in [5.41, 5.74) is 3.77. The normalized spacial score (nSPS) is 12.2. The van der Waals surface area contributed by atoms with Gasteiger partial charge >= 0.3 is 0 Å². The van der Waals surface area contributed by atoms with E-state index in [2.05, 4.69) is 60.4 Å². The van der Waals surface area contributed by atoms with Gasteiger partial charge in [0.05, 0.1) is 23.8 Å². The molecule has 0 saturated carbocycles. The number of para-hydroxylation sites is 2. The highest BCUT2D eigenvalue weighted by atomic mass is 32.2. The summed E-state index contributed by atoms with van der Waals surface area (Å²) in [6.07, 6.45) is 2.80. The fourth-order valence-electron chi connectivity index (χ4n) is 3.82. The van der Waals surface area contributed by atoms with E-state index in [1.54, 1.807) is 27.6 Å². The molecule has 0 fully saturated rings. The van der Waals surface area contributed by atoms with Gasteiger partial charge in [-0.15, -0.1) is 0 Å². The molecule has 1 amide bonds. The third-order valence-corrected chi connectivity index (χ3v) is 6.35. The number of amides is 1. The molecule has 0 atom stereocenters. The first-order valence-electron chi connectivity index (χ1n) is 11.0. The van der Waals surface area contributed by atoms with E-state index in [1.807, 2.05) is 18.2 Å². The second-order valence-corrected chi connectivity index (χ2v) is 11.7. The van der Waals surface area contributed by atoms with E-state index in [0.717, 1.165) is 11.8 Å². The number of nitrogens with zero attached hydrogens (tertiary/aromatic N) is 4. The number of carbonyl (C=O) groups excluding carboxylic acids is 1. The van der Waals surface area contributed by atoms with Gasteiger partial charge < -0.3 is 9.88 Å². The molecule has 2 heterocycles. The van der Waals surface area contributed by atoms with E-state index in [4.69, 9.17) is 0 Å². The van der Waals surface area contributed by atoms with Crippen LogP contribution >= 0.6 is 0 Å². The Morgan fingerprint density at radius 1 is 1.03 bits per heavy atom. The first-order valence-corrected chi connectivity index (χ1v) is 13.1. The van der Waals surface area contributed by atoms with Crippen LogP contribution in [0.2, 0.25) is 0 Å². The van der Waals surface area contributed by atoms with Crippen molar-refractivity contribution in [2.75, 3.05) is 11.6 Å². The molecule has 2 aromatic carbocycles. The zero-order valence-electron chi connectivity index (χ0n) is 19.8. The Kier molecular flexibility index (Phi) is 6.31. The molecule has 2 aromatic heterocycles. The highest BCUT2D eigenvalue weighted by Gasteiger charge is 2.18. The van der Waals surface area contributed by atoms with E-state index < -0.39 is 9.84 Å². The van der Waals surface area contributed by atoms with Crippen molar-refractivity contribution in [3.05, 3.63) is 77.7 Å². The molecule has 4 aromatic rings. The minimum atomic E-state index is -3.32. The molecule has 0 spiro atoms. The van der Waals surface area contributed by atoms with E-state index >= 15 is 0 Å². The summed E-state index contributed by atoms with van der Waals surface area (Å²) in [6, 6.07) is 17.4. The van der Waals surface area contributed by atoms with E-state index in [-0.39, 0.29) is 23.6 Å². The number of aromatic nitrogens is 4. The first-order chi connectivity index (χ1) is 16.0. The molecule has 0 radical (unpaired) electrons. The Morgan fingerprint density at radius 3 is 2.41 bits per heavy atom. The van der Waals surface area contributed by atoms with Crippen LogP contribution in [-0.2, 0) is 38.9 Å². The number of benzene rings is 2. The topological polar surface area (TPSA) is 98.9 Å². The zero-order chi connectivity index (χ0) is 24.5. The Labute approximate surface area is 199 Å². The highest BCUT2D eigenvalue weighted by molar-refractivity contribution is 7.89. The number of imidazole rings is 1. The Hall–Kier alpha value is -3.46. The van der Waals surface area contributed by atoms with Gasteiger partial charge in [-0.3, -0.25) is 4.79 Å². The Morgan fingerprint density at radius 2 is 1.74 bits per heavy atom. The molecule has 0 aliphatic heterocycles. The quantitative estimate of drug-likeness (QED) is 0.435. The lowest BCUT2D eigenvalue weighted by atomic mass is 9.87.